The lowest BCUT2D eigenvalue weighted by Gasteiger charge is -2.14. The van der Waals surface area contributed by atoms with Crippen molar-refractivity contribution in [2.24, 2.45) is 5.73 Å². The zero-order valence-electron chi connectivity index (χ0n) is 8.04. The Balaban J connectivity index is 2.77. The quantitative estimate of drug-likeness (QED) is 0.617. The van der Waals surface area contributed by atoms with Gasteiger partial charge in [0.2, 0.25) is 0 Å². The molecule has 1 rings (SSSR count). The van der Waals surface area contributed by atoms with Gasteiger partial charge in [0.15, 0.2) is 0 Å². The molecule has 13 heavy (non-hydrogen) atoms. The summed E-state index contributed by atoms with van der Waals surface area (Å²) in [5.74, 6) is 0.295. The molecule has 0 spiro atoms. The van der Waals surface area contributed by atoms with Gasteiger partial charge in [-0.3, -0.25) is 0 Å². The van der Waals surface area contributed by atoms with E-state index in [0.717, 1.165) is 11.3 Å². The van der Waals surface area contributed by atoms with Gasteiger partial charge in [-0.15, -0.1) is 0 Å². The number of hydrogen-bond donors (Lipinski definition) is 3. The van der Waals surface area contributed by atoms with Gasteiger partial charge in [-0.2, -0.15) is 0 Å². The highest BCUT2D eigenvalue weighted by Crippen LogP contribution is 2.20. The summed E-state index contributed by atoms with van der Waals surface area (Å²) in [7, 11) is 0. The first-order valence-corrected chi connectivity index (χ1v) is 4.39. The van der Waals surface area contributed by atoms with Crippen molar-refractivity contribution in [2.45, 2.75) is 19.9 Å². The van der Waals surface area contributed by atoms with Crippen LogP contribution in [0.25, 0.3) is 0 Å². The number of hydrogen-bond acceptors (Lipinski definition) is 3. The Labute approximate surface area is 78.6 Å². The Bertz CT molecular complexity index is 286. The number of rotatable bonds is 3. The first-order chi connectivity index (χ1) is 6.13. The first kappa shape index (κ1) is 9.86. The zero-order valence-corrected chi connectivity index (χ0v) is 8.04. The third-order valence-electron chi connectivity index (χ3n) is 1.97. The number of nitrogens with two attached hydrogens (primary N) is 1. The standard InChI is InChI=1S/C10H16N2O/c1-7-5-9(13)3-4-10(7)12-8(2)6-11/h3-5,8,12-13H,6,11H2,1-2H3. The lowest BCUT2D eigenvalue weighted by atomic mass is 10.1. The minimum absolute atomic E-state index is 0.253. The van der Waals surface area contributed by atoms with E-state index < -0.39 is 0 Å². The molecule has 1 atom stereocenters. The fourth-order valence-electron chi connectivity index (χ4n) is 1.13. The number of phenols is 1. The van der Waals surface area contributed by atoms with Crippen molar-refractivity contribution in [3.05, 3.63) is 23.8 Å². The number of nitrogens with one attached hydrogen (secondary N) is 1. The average Bonchev–Trinajstić information content (AvgIpc) is 2.09. The smallest absolute Gasteiger partial charge is 0.115 e. The molecule has 0 radical (unpaired) electrons. The van der Waals surface area contributed by atoms with Crippen LogP contribution in [-0.2, 0) is 0 Å². The third kappa shape index (κ3) is 2.63. The van der Waals surface area contributed by atoms with Gasteiger partial charge in [0, 0.05) is 18.3 Å². The van der Waals surface area contributed by atoms with E-state index in [2.05, 4.69) is 5.32 Å². The summed E-state index contributed by atoms with van der Waals surface area (Å²) in [6.07, 6.45) is 0. The largest absolute Gasteiger partial charge is 0.508 e. The predicted molar refractivity (Wildman–Crippen MR) is 55.0 cm³/mol. The van der Waals surface area contributed by atoms with Crippen molar-refractivity contribution in [1.29, 1.82) is 0 Å². The van der Waals surface area contributed by atoms with Gasteiger partial charge in [-0.1, -0.05) is 0 Å². The normalized spacial score (nSPS) is 12.5. The minimum Gasteiger partial charge on any atom is -0.508 e. The highest BCUT2D eigenvalue weighted by Gasteiger charge is 2.02. The van der Waals surface area contributed by atoms with Crippen LogP contribution < -0.4 is 11.1 Å². The zero-order chi connectivity index (χ0) is 9.84. The first-order valence-electron chi connectivity index (χ1n) is 4.39. The maximum atomic E-state index is 9.18. The molecule has 0 aliphatic heterocycles. The van der Waals surface area contributed by atoms with E-state index >= 15 is 0 Å². The number of benzene rings is 1. The molecule has 3 heteroatoms. The molecular formula is C10H16N2O. The van der Waals surface area contributed by atoms with Crippen molar-refractivity contribution in [2.75, 3.05) is 11.9 Å². The Morgan fingerprint density at radius 2 is 2.23 bits per heavy atom. The maximum Gasteiger partial charge on any atom is 0.115 e. The molecule has 0 amide bonds. The lowest BCUT2D eigenvalue weighted by Crippen LogP contribution is -2.25. The molecule has 4 N–H and O–H groups in total. The second-order valence-electron chi connectivity index (χ2n) is 3.28. The molecule has 0 saturated carbocycles. The van der Waals surface area contributed by atoms with Crippen LogP contribution in [0.2, 0.25) is 0 Å². The molecule has 1 unspecified atom stereocenters. The van der Waals surface area contributed by atoms with Crippen LogP contribution in [0.5, 0.6) is 5.75 Å². The van der Waals surface area contributed by atoms with Crippen molar-refractivity contribution in [3.63, 3.8) is 0 Å². The number of aromatic hydroxyl groups is 1. The Hall–Kier alpha value is -1.22. The molecule has 0 aliphatic carbocycles. The van der Waals surface area contributed by atoms with E-state index in [0.29, 0.717) is 12.3 Å². The van der Waals surface area contributed by atoms with E-state index in [1.807, 2.05) is 19.9 Å². The van der Waals surface area contributed by atoms with E-state index in [4.69, 9.17) is 5.73 Å². The topological polar surface area (TPSA) is 58.3 Å². The SMILES string of the molecule is Cc1cc(O)ccc1NC(C)CN. The van der Waals surface area contributed by atoms with Crippen LogP contribution in [0.3, 0.4) is 0 Å². The van der Waals surface area contributed by atoms with Gasteiger partial charge in [-0.25, -0.2) is 0 Å². The van der Waals surface area contributed by atoms with Crippen molar-refractivity contribution < 1.29 is 5.11 Å². The average molecular weight is 180 g/mol. The molecule has 0 saturated heterocycles. The van der Waals surface area contributed by atoms with Crippen LogP contribution in [0.15, 0.2) is 18.2 Å². The molecule has 1 aromatic rings. The highest BCUT2D eigenvalue weighted by atomic mass is 16.3. The Morgan fingerprint density at radius 1 is 1.54 bits per heavy atom. The Kier molecular flexibility index (Phi) is 3.14. The predicted octanol–water partition coefficient (Wildman–Crippen LogP) is 1.46. The van der Waals surface area contributed by atoms with E-state index in [1.165, 1.54) is 0 Å². The summed E-state index contributed by atoms with van der Waals surface area (Å²) in [4.78, 5) is 0. The summed E-state index contributed by atoms with van der Waals surface area (Å²) in [6.45, 7) is 4.57. The summed E-state index contributed by atoms with van der Waals surface area (Å²) in [5.41, 5.74) is 7.54. The second-order valence-corrected chi connectivity index (χ2v) is 3.28. The van der Waals surface area contributed by atoms with Crippen molar-refractivity contribution >= 4 is 5.69 Å². The van der Waals surface area contributed by atoms with Gasteiger partial charge in [0.1, 0.15) is 5.75 Å². The van der Waals surface area contributed by atoms with Crippen molar-refractivity contribution in [3.8, 4) is 5.75 Å². The number of phenolic OH excluding ortho intramolecular Hbond substituents is 1. The molecule has 3 nitrogen and oxygen atoms in total. The Morgan fingerprint density at radius 3 is 2.77 bits per heavy atom. The van der Waals surface area contributed by atoms with E-state index in [9.17, 15) is 5.11 Å². The summed E-state index contributed by atoms with van der Waals surface area (Å²) < 4.78 is 0. The fraction of sp³-hybridized carbons (Fsp3) is 0.400. The van der Waals surface area contributed by atoms with Crippen LogP contribution in [0, 0.1) is 6.92 Å². The highest BCUT2D eigenvalue weighted by molar-refractivity contribution is 5.53. The monoisotopic (exact) mass is 180 g/mol. The minimum atomic E-state index is 0.253. The van der Waals surface area contributed by atoms with Crippen LogP contribution >= 0.6 is 0 Å². The van der Waals surface area contributed by atoms with E-state index in [1.54, 1.807) is 12.1 Å². The van der Waals surface area contributed by atoms with Gasteiger partial charge < -0.3 is 16.2 Å². The fourth-order valence-corrected chi connectivity index (χ4v) is 1.13. The summed E-state index contributed by atoms with van der Waals surface area (Å²) in [6, 6.07) is 5.50. The molecule has 0 fully saturated rings. The van der Waals surface area contributed by atoms with Crippen LogP contribution in [0.1, 0.15) is 12.5 Å². The molecule has 0 heterocycles. The van der Waals surface area contributed by atoms with Gasteiger partial charge in [-0.05, 0) is 37.6 Å². The third-order valence-corrected chi connectivity index (χ3v) is 1.97. The molecular weight excluding hydrogens is 164 g/mol. The number of aryl methyl sites for hydroxylation is 1. The molecule has 0 aliphatic rings. The summed E-state index contributed by atoms with van der Waals surface area (Å²) >= 11 is 0. The number of anilines is 1. The van der Waals surface area contributed by atoms with Crippen molar-refractivity contribution in [1.82, 2.24) is 0 Å². The van der Waals surface area contributed by atoms with E-state index in [-0.39, 0.29) is 6.04 Å². The molecule has 0 aromatic heterocycles. The van der Waals surface area contributed by atoms with Crippen LogP contribution in [0.4, 0.5) is 5.69 Å². The van der Waals surface area contributed by atoms with Gasteiger partial charge in [0.05, 0.1) is 0 Å². The maximum absolute atomic E-state index is 9.18. The van der Waals surface area contributed by atoms with Gasteiger partial charge >= 0.3 is 0 Å². The van der Waals surface area contributed by atoms with Gasteiger partial charge in [0.25, 0.3) is 0 Å². The molecule has 72 valence electrons. The molecule has 0 bridgehead atoms. The second kappa shape index (κ2) is 4.14. The molecule has 1 aromatic carbocycles. The van der Waals surface area contributed by atoms with Crippen LogP contribution in [-0.4, -0.2) is 17.7 Å². The summed E-state index contributed by atoms with van der Waals surface area (Å²) in [5, 5.41) is 12.4. The lowest BCUT2D eigenvalue weighted by molar-refractivity contribution is 0.475.